The zero-order chi connectivity index (χ0) is 14.8. The SMILES string of the molecule is Cc1ccc(NC(=O)C2NCCC2C)cc1-n1cnnn1. The maximum absolute atomic E-state index is 12.3. The monoisotopic (exact) mass is 286 g/mol. The van der Waals surface area contributed by atoms with Gasteiger partial charge in [-0.05, 0) is 53.9 Å². The number of aryl methyl sites for hydroxylation is 1. The lowest BCUT2D eigenvalue weighted by Crippen LogP contribution is -2.39. The molecule has 1 fully saturated rings. The van der Waals surface area contributed by atoms with Gasteiger partial charge in [-0.1, -0.05) is 13.0 Å². The Morgan fingerprint density at radius 2 is 2.33 bits per heavy atom. The molecular weight excluding hydrogens is 268 g/mol. The van der Waals surface area contributed by atoms with Crippen LogP contribution in [-0.2, 0) is 4.79 Å². The van der Waals surface area contributed by atoms with Crippen LogP contribution in [0.1, 0.15) is 18.9 Å². The minimum absolute atomic E-state index is 0.00604. The Labute approximate surface area is 122 Å². The van der Waals surface area contributed by atoms with Crippen molar-refractivity contribution in [3.63, 3.8) is 0 Å². The standard InChI is InChI=1S/C14H18N6O/c1-9-3-4-11(7-12(9)20-8-16-18-19-20)17-14(21)13-10(2)5-6-15-13/h3-4,7-8,10,13,15H,5-6H2,1-2H3,(H,17,21). The summed E-state index contributed by atoms with van der Waals surface area (Å²) in [6.45, 7) is 4.96. The molecule has 1 saturated heterocycles. The lowest BCUT2D eigenvalue weighted by molar-refractivity contribution is -0.118. The Morgan fingerprint density at radius 1 is 1.48 bits per heavy atom. The van der Waals surface area contributed by atoms with Crippen molar-refractivity contribution in [1.82, 2.24) is 25.5 Å². The molecule has 2 unspecified atom stereocenters. The lowest BCUT2D eigenvalue weighted by atomic mass is 10.0. The number of rotatable bonds is 3. The van der Waals surface area contributed by atoms with E-state index in [9.17, 15) is 4.79 Å². The summed E-state index contributed by atoms with van der Waals surface area (Å²) >= 11 is 0. The molecule has 1 aliphatic rings. The summed E-state index contributed by atoms with van der Waals surface area (Å²) in [4.78, 5) is 12.3. The fraction of sp³-hybridized carbons (Fsp3) is 0.429. The molecule has 0 bridgehead atoms. The molecule has 21 heavy (non-hydrogen) atoms. The van der Waals surface area contributed by atoms with Gasteiger partial charge >= 0.3 is 0 Å². The van der Waals surface area contributed by atoms with E-state index in [1.807, 2.05) is 25.1 Å². The van der Waals surface area contributed by atoms with E-state index in [-0.39, 0.29) is 11.9 Å². The van der Waals surface area contributed by atoms with E-state index in [1.54, 1.807) is 4.68 Å². The zero-order valence-corrected chi connectivity index (χ0v) is 12.1. The summed E-state index contributed by atoms with van der Waals surface area (Å²) < 4.78 is 1.58. The van der Waals surface area contributed by atoms with Gasteiger partial charge in [-0.15, -0.1) is 5.10 Å². The van der Waals surface area contributed by atoms with Crippen molar-refractivity contribution in [3.8, 4) is 5.69 Å². The predicted molar refractivity (Wildman–Crippen MR) is 78.1 cm³/mol. The van der Waals surface area contributed by atoms with Crippen LogP contribution >= 0.6 is 0 Å². The number of aromatic nitrogens is 4. The van der Waals surface area contributed by atoms with Gasteiger partial charge in [0.25, 0.3) is 0 Å². The van der Waals surface area contributed by atoms with Crippen LogP contribution in [0.2, 0.25) is 0 Å². The minimum Gasteiger partial charge on any atom is -0.325 e. The molecule has 2 aromatic rings. The van der Waals surface area contributed by atoms with E-state index in [2.05, 4.69) is 33.1 Å². The number of anilines is 1. The van der Waals surface area contributed by atoms with Crippen molar-refractivity contribution in [2.75, 3.05) is 11.9 Å². The van der Waals surface area contributed by atoms with Gasteiger partial charge in [0.05, 0.1) is 11.7 Å². The highest BCUT2D eigenvalue weighted by Gasteiger charge is 2.29. The maximum Gasteiger partial charge on any atom is 0.241 e. The highest BCUT2D eigenvalue weighted by atomic mass is 16.2. The van der Waals surface area contributed by atoms with Crippen LogP contribution in [0, 0.1) is 12.8 Å². The number of carbonyl (C=O) groups is 1. The van der Waals surface area contributed by atoms with Crippen molar-refractivity contribution in [3.05, 3.63) is 30.1 Å². The van der Waals surface area contributed by atoms with Crippen LogP contribution in [0.15, 0.2) is 24.5 Å². The first-order valence-electron chi connectivity index (χ1n) is 7.03. The molecule has 1 aromatic heterocycles. The molecule has 7 nitrogen and oxygen atoms in total. The Hall–Kier alpha value is -2.28. The molecule has 1 aliphatic heterocycles. The highest BCUT2D eigenvalue weighted by Crippen LogP contribution is 2.20. The number of tetrazole rings is 1. The Kier molecular flexibility index (Phi) is 3.66. The second kappa shape index (κ2) is 5.61. The molecule has 1 aromatic carbocycles. The lowest BCUT2D eigenvalue weighted by Gasteiger charge is -2.16. The van der Waals surface area contributed by atoms with E-state index in [4.69, 9.17) is 0 Å². The number of nitrogens with zero attached hydrogens (tertiary/aromatic N) is 4. The zero-order valence-electron chi connectivity index (χ0n) is 12.1. The largest absolute Gasteiger partial charge is 0.325 e. The second-order valence-electron chi connectivity index (χ2n) is 5.44. The predicted octanol–water partition coefficient (Wildman–Crippen LogP) is 0.907. The molecule has 3 rings (SSSR count). The van der Waals surface area contributed by atoms with Gasteiger partial charge in [0.2, 0.25) is 5.91 Å². The molecule has 7 heteroatoms. The Balaban J connectivity index is 1.80. The van der Waals surface area contributed by atoms with Crippen molar-refractivity contribution in [2.45, 2.75) is 26.3 Å². The topological polar surface area (TPSA) is 84.7 Å². The Morgan fingerprint density at radius 3 is 3.00 bits per heavy atom. The summed E-state index contributed by atoms with van der Waals surface area (Å²) in [5.74, 6) is 0.362. The molecule has 1 amide bonds. The van der Waals surface area contributed by atoms with Crippen LogP contribution in [0.25, 0.3) is 5.69 Å². The molecule has 2 heterocycles. The molecular formula is C14H18N6O. The quantitative estimate of drug-likeness (QED) is 0.876. The van der Waals surface area contributed by atoms with Gasteiger partial charge < -0.3 is 10.6 Å². The van der Waals surface area contributed by atoms with Gasteiger partial charge in [-0.3, -0.25) is 4.79 Å². The van der Waals surface area contributed by atoms with Crippen molar-refractivity contribution in [1.29, 1.82) is 0 Å². The van der Waals surface area contributed by atoms with Gasteiger partial charge in [0.1, 0.15) is 6.33 Å². The van der Waals surface area contributed by atoms with E-state index >= 15 is 0 Å². The number of hydrogen-bond acceptors (Lipinski definition) is 5. The van der Waals surface area contributed by atoms with Crippen LogP contribution in [-0.4, -0.2) is 38.7 Å². The molecule has 2 N–H and O–H groups in total. The number of nitrogens with one attached hydrogen (secondary N) is 2. The van der Waals surface area contributed by atoms with Crippen LogP contribution in [0.3, 0.4) is 0 Å². The van der Waals surface area contributed by atoms with Gasteiger partial charge in [0.15, 0.2) is 0 Å². The molecule has 0 saturated carbocycles. The average molecular weight is 286 g/mol. The van der Waals surface area contributed by atoms with Gasteiger partial charge in [-0.25, -0.2) is 4.68 Å². The Bertz CT molecular complexity index is 639. The smallest absolute Gasteiger partial charge is 0.241 e. The van der Waals surface area contributed by atoms with Crippen molar-refractivity contribution >= 4 is 11.6 Å². The number of carbonyl (C=O) groups excluding carboxylic acids is 1. The maximum atomic E-state index is 12.3. The van der Waals surface area contributed by atoms with E-state index in [0.717, 1.165) is 29.9 Å². The minimum atomic E-state index is -0.122. The van der Waals surface area contributed by atoms with Crippen LogP contribution in [0.4, 0.5) is 5.69 Å². The molecule has 0 aliphatic carbocycles. The average Bonchev–Trinajstić information content (AvgIpc) is 3.12. The summed E-state index contributed by atoms with van der Waals surface area (Å²) in [6, 6.07) is 5.59. The molecule has 0 radical (unpaired) electrons. The van der Waals surface area contributed by atoms with Gasteiger partial charge in [0, 0.05) is 5.69 Å². The van der Waals surface area contributed by atoms with Crippen LogP contribution < -0.4 is 10.6 Å². The first-order valence-corrected chi connectivity index (χ1v) is 7.03. The van der Waals surface area contributed by atoms with E-state index in [0.29, 0.717) is 5.92 Å². The van der Waals surface area contributed by atoms with Crippen molar-refractivity contribution in [2.24, 2.45) is 5.92 Å². The van der Waals surface area contributed by atoms with Crippen LogP contribution in [0.5, 0.6) is 0 Å². The molecule has 0 spiro atoms. The summed E-state index contributed by atoms with van der Waals surface area (Å²) in [7, 11) is 0. The first-order chi connectivity index (χ1) is 10.1. The number of amides is 1. The third-order valence-corrected chi connectivity index (χ3v) is 3.89. The van der Waals surface area contributed by atoms with Gasteiger partial charge in [-0.2, -0.15) is 0 Å². The van der Waals surface area contributed by atoms with E-state index < -0.39 is 0 Å². The third-order valence-electron chi connectivity index (χ3n) is 3.89. The van der Waals surface area contributed by atoms with Crippen molar-refractivity contribution < 1.29 is 4.79 Å². The number of hydrogen-bond donors (Lipinski definition) is 2. The molecule has 2 atom stereocenters. The summed E-state index contributed by atoms with van der Waals surface area (Å²) in [5.41, 5.74) is 2.63. The normalized spacial score (nSPS) is 21.4. The summed E-state index contributed by atoms with van der Waals surface area (Å²) in [6.07, 6.45) is 2.57. The molecule has 110 valence electrons. The first kappa shape index (κ1) is 13.7. The third kappa shape index (κ3) is 2.78. The fourth-order valence-electron chi connectivity index (χ4n) is 2.61. The number of benzene rings is 1. The highest BCUT2D eigenvalue weighted by molar-refractivity contribution is 5.95. The van der Waals surface area contributed by atoms with E-state index in [1.165, 1.54) is 6.33 Å². The fourth-order valence-corrected chi connectivity index (χ4v) is 2.61. The second-order valence-corrected chi connectivity index (χ2v) is 5.44. The summed E-state index contributed by atoms with van der Waals surface area (Å²) in [5, 5.41) is 17.4.